The number of nitro groups is 1. The molecule has 0 saturated carbocycles. The Bertz CT molecular complexity index is 1030. The molecule has 3 atom stereocenters. The Morgan fingerprint density at radius 3 is 2.50 bits per heavy atom. The molecule has 0 bridgehead atoms. The van der Waals surface area contributed by atoms with E-state index in [9.17, 15) is 24.8 Å². The Kier molecular flexibility index (Phi) is 6.74. The Morgan fingerprint density at radius 2 is 1.84 bits per heavy atom. The number of nitrogens with zero attached hydrogens (tertiary/aromatic N) is 2. The van der Waals surface area contributed by atoms with Crippen molar-refractivity contribution in [3.63, 3.8) is 0 Å². The lowest BCUT2D eigenvalue weighted by Crippen LogP contribution is -2.49. The van der Waals surface area contributed by atoms with Crippen molar-refractivity contribution in [2.75, 3.05) is 0 Å². The molecule has 32 heavy (non-hydrogen) atoms. The van der Waals surface area contributed by atoms with Crippen molar-refractivity contribution < 1.29 is 24.4 Å². The number of carbonyl (C=O) groups excluding carboxylic acids is 2. The number of hydrogen-bond donors (Lipinski definition) is 1. The number of aliphatic hydroxyl groups excluding tert-OH is 1. The number of ether oxygens (including phenoxy) is 1. The maximum Gasteiger partial charge on any atom is 0.417 e. The van der Waals surface area contributed by atoms with E-state index in [0.29, 0.717) is 12.0 Å². The molecule has 1 aliphatic heterocycles. The largest absolute Gasteiger partial charge is 0.441 e. The van der Waals surface area contributed by atoms with E-state index in [-0.39, 0.29) is 5.69 Å². The van der Waals surface area contributed by atoms with Crippen LogP contribution in [0.4, 0.5) is 10.5 Å². The highest BCUT2D eigenvalue weighted by molar-refractivity contribution is 5.95. The van der Waals surface area contributed by atoms with Crippen molar-refractivity contribution in [1.29, 1.82) is 0 Å². The van der Waals surface area contributed by atoms with Crippen LogP contribution in [-0.4, -0.2) is 44.7 Å². The second kappa shape index (κ2) is 9.32. The van der Waals surface area contributed by atoms with E-state index in [0.717, 1.165) is 10.5 Å². The van der Waals surface area contributed by atoms with Gasteiger partial charge in [0.05, 0.1) is 28.6 Å². The van der Waals surface area contributed by atoms with Gasteiger partial charge in [0.15, 0.2) is 0 Å². The van der Waals surface area contributed by atoms with Gasteiger partial charge < -0.3 is 9.84 Å². The molecule has 1 saturated heterocycles. The predicted octanol–water partition coefficient (Wildman–Crippen LogP) is 3.97. The number of aliphatic hydroxyl groups is 1. The summed E-state index contributed by atoms with van der Waals surface area (Å²) in [4.78, 5) is 37.5. The highest BCUT2D eigenvalue weighted by Gasteiger charge is 2.51. The van der Waals surface area contributed by atoms with Crippen LogP contribution in [-0.2, 0) is 16.0 Å². The fourth-order valence-corrected chi connectivity index (χ4v) is 3.73. The monoisotopic (exact) mass is 438 g/mol. The van der Waals surface area contributed by atoms with Crippen LogP contribution in [0, 0.1) is 16.0 Å². The molecule has 2 aromatic carbocycles. The van der Waals surface area contributed by atoms with Gasteiger partial charge in [0.2, 0.25) is 5.91 Å². The van der Waals surface area contributed by atoms with Crippen LogP contribution in [0.1, 0.15) is 31.9 Å². The van der Waals surface area contributed by atoms with E-state index >= 15 is 0 Å². The van der Waals surface area contributed by atoms with Crippen molar-refractivity contribution in [3.05, 3.63) is 81.9 Å². The predicted molar refractivity (Wildman–Crippen MR) is 119 cm³/mol. The summed E-state index contributed by atoms with van der Waals surface area (Å²) >= 11 is 0. The number of hydrogen-bond acceptors (Lipinski definition) is 6. The molecule has 1 aliphatic rings. The summed E-state index contributed by atoms with van der Waals surface area (Å²) in [5.74, 6) is -1.53. The molecule has 1 fully saturated rings. The zero-order chi connectivity index (χ0) is 23.5. The highest BCUT2D eigenvalue weighted by atomic mass is 16.6. The first-order chi connectivity index (χ1) is 15.1. The normalized spacial score (nSPS) is 19.6. The highest BCUT2D eigenvalue weighted by Crippen LogP contribution is 2.33. The molecule has 0 radical (unpaired) electrons. The molecule has 0 aliphatic carbocycles. The van der Waals surface area contributed by atoms with Gasteiger partial charge in [-0.15, -0.1) is 0 Å². The number of benzene rings is 2. The number of cyclic esters (lactones) is 1. The van der Waals surface area contributed by atoms with Crippen LogP contribution in [0.3, 0.4) is 0 Å². The summed E-state index contributed by atoms with van der Waals surface area (Å²) in [6, 6.07) is 15.0. The summed E-state index contributed by atoms with van der Waals surface area (Å²) in [6.45, 7) is 5.01. The maximum absolute atomic E-state index is 13.2. The van der Waals surface area contributed by atoms with Crippen LogP contribution >= 0.6 is 0 Å². The Hall–Kier alpha value is -3.52. The average molecular weight is 438 g/mol. The second-order valence-corrected chi connectivity index (χ2v) is 8.34. The number of carbonyl (C=O) groups is 2. The van der Waals surface area contributed by atoms with Crippen molar-refractivity contribution in [3.8, 4) is 0 Å². The molecule has 0 unspecified atom stereocenters. The molecule has 1 heterocycles. The number of para-hydroxylation sites is 1. The fraction of sp³-hybridized carbons (Fsp3) is 0.333. The van der Waals surface area contributed by atoms with Crippen molar-refractivity contribution in [2.45, 2.75) is 44.9 Å². The van der Waals surface area contributed by atoms with Gasteiger partial charge in [-0.2, -0.15) is 0 Å². The minimum atomic E-state index is -1.25. The van der Waals surface area contributed by atoms with E-state index in [2.05, 4.69) is 0 Å². The van der Waals surface area contributed by atoms with Crippen LogP contribution in [0.15, 0.2) is 60.7 Å². The van der Waals surface area contributed by atoms with E-state index in [4.69, 9.17) is 4.74 Å². The van der Waals surface area contributed by atoms with Crippen molar-refractivity contribution in [2.24, 2.45) is 5.92 Å². The molecular formula is C24H26N2O6. The van der Waals surface area contributed by atoms with Gasteiger partial charge in [-0.25, -0.2) is 9.69 Å². The summed E-state index contributed by atoms with van der Waals surface area (Å²) in [5.41, 5.74) is 0.252. The van der Waals surface area contributed by atoms with E-state index in [1.165, 1.54) is 25.1 Å². The van der Waals surface area contributed by atoms with Gasteiger partial charge in [0.1, 0.15) is 5.60 Å². The smallest absolute Gasteiger partial charge is 0.417 e. The average Bonchev–Trinajstić information content (AvgIpc) is 2.99. The van der Waals surface area contributed by atoms with Gasteiger partial charge in [-0.3, -0.25) is 14.9 Å². The fourth-order valence-electron chi connectivity index (χ4n) is 3.73. The summed E-state index contributed by atoms with van der Waals surface area (Å²) in [7, 11) is 0. The lowest BCUT2D eigenvalue weighted by atomic mass is 9.91. The van der Waals surface area contributed by atoms with Gasteiger partial charge >= 0.3 is 6.09 Å². The third kappa shape index (κ3) is 4.86. The van der Waals surface area contributed by atoms with Crippen LogP contribution in [0.2, 0.25) is 0 Å². The van der Waals surface area contributed by atoms with Crippen molar-refractivity contribution >= 4 is 23.8 Å². The molecule has 3 rings (SSSR count). The standard InChI is InChI=1S/C24H26N2O6/c1-16(20(27)14-13-18-11-7-8-12-19(18)26(30)31)22(28)25-21(24(2,3)32-23(25)29)15-17-9-5-4-6-10-17/h4-14,16,20-21,27H,15H2,1-3H3/b14-13+/t16-,20+,21-/m0/s1. The summed E-state index contributed by atoms with van der Waals surface area (Å²) in [6.07, 6.45) is 1.14. The molecule has 8 heteroatoms. The zero-order valence-electron chi connectivity index (χ0n) is 18.2. The van der Waals surface area contributed by atoms with Crippen LogP contribution in [0.25, 0.3) is 6.08 Å². The summed E-state index contributed by atoms with van der Waals surface area (Å²) in [5, 5.41) is 21.7. The Balaban J connectivity index is 1.79. The minimum Gasteiger partial charge on any atom is -0.441 e. The number of rotatable bonds is 7. The van der Waals surface area contributed by atoms with Gasteiger partial charge in [-0.05, 0) is 38.0 Å². The number of nitro benzene ring substituents is 1. The molecule has 0 spiro atoms. The first-order valence-corrected chi connectivity index (χ1v) is 10.3. The lowest BCUT2D eigenvalue weighted by molar-refractivity contribution is -0.385. The minimum absolute atomic E-state index is 0.109. The van der Waals surface area contributed by atoms with Gasteiger partial charge in [-0.1, -0.05) is 55.5 Å². The number of imide groups is 1. The van der Waals surface area contributed by atoms with E-state index < -0.39 is 40.6 Å². The first kappa shape index (κ1) is 23.1. The first-order valence-electron chi connectivity index (χ1n) is 10.3. The SMILES string of the molecule is C[C@H](C(=O)N1C(=O)OC(C)(C)[C@@H]1Cc1ccccc1)[C@H](O)/C=C/c1ccccc1[N+](=O)[O-]. The quantitative estimate of drug-likeness (QED) is 0.517. The van der Waals surface area contributed by atoms with E-state index in [1.807, 2.05) is 30.3 Å². The molecular weight excluding hydrogens is 412 g/mol. The van der Waals surface area contributed by atoms with Crippen molar-refractivity contribution in [1.82, 2.24) is 4.90 Å². The zero-order valence-corrected chi connectivity index (χ0v) is 18.2. The summed E-state index contributed by atoms with van der Waals surface area (Å²) < 4.78 is 5.46. The third-order valence-electron chi connectivity index (χ3n) is 5.68. The topological polar surface area (TPSA) is 110 Å². The van der Waals surface area contributed by atoms with E-state index in [1.54, 1.807) is 32.0 Å². The Labute approximate surface area is 186 Å². The molecule has 0 aromatic heterocycles. The molecule has 168 valence electrons. The molecule has 2 aromatic rings. The Morgan fingerprint density at radius 1 is 1.22 bits per heavy atom. The molecule has 8 nitrogen and oxygen atoms in total. The molecule has 2 amide bonds. The molecule has 1 N–H and O–H groups in total. The van der Waals surface area contributed by atoms with Gasteiger partial charge in [0.25, 0.3) is 5.69 Å². The van der Waals surface area contributed by atoms with Crippen LogP contribution < -0.4 is 0 Å². The van der Waals surface area contributed by atoms with Gasteiger partial charge in [0, 0.05) is 6.07 Å². The third-order valence-corrected chi connectivity index (χ3v) is 5.68. The maximum atomic E-state index is 13.2. The van der Waals surface area contributed by atoms with Crippen LogP contribution in [0.5, 0.6) is 0 Å². The lowest BCUT2D eigenvalue weighted by Gasteiger charge is -2.30. The number of amides is 2. The second-order valence-electron chi connectivity index (χ2n) is 8.34.